The lowest BCUT2D eigenvalue weighted by Gasteiger charge is -2.11. The van der Waals surface area contributed by atoms with Crippen LogP contribution in [0.4, 0.5) is 0 Å². The number of hydrogen-bond donors (Lipinski definition) is 2. The molecule has 2 heterocycles. The molecule has 4 nitrogen and oxygen atoms in total. The van der Waals surface area contributed by atoms with Crippen molar-refractivity contribution >= 4 is 11.3 Å². The maximum Gasteiger partial charge on any atom is 0.304 e. The van der Waals surface area contributed by atoms with Gasteiger partial charge in [0, 0.05) is 30.1 Å². The lowest BCUT2D eigenvalue weighted by molar-refractivity contribution is 0.458. The summed E-state index contributed by atoms with van der Waals surface area (Å²) in [5.41, 5.74) is 0.949. The number of aromatic nitrogens is 1. The van der Waals surface area contributed by atoms with Gasteiger partial charge < -0.3 is 14.7 Å². The van der Waals surface area contributed by atoms with Gasteiger partial charge in [-0.25, -0.2) is 0 Å². The normalized spacial score (nSPS) is 12.8. The molecule has 0 aliphatic heterocycles. The van der Waals surface area contributed by atoms with Gasteiger partial charge in [-0.3, -0.25) is 4.79 Å². The lowest BCUT2D eigenvalue weighted by atomic mass is 10.1. The van der Waals surface area contributed by atoms with Crippen LogP contribution in [0.2, 0.25) is 0 Å². The summed E-state index contributed by atoms with van der Waals surface area (Å²) in [6, 6.07) is 4.29. The van der Waals surface area contributed by atoms with E-state index in [0.717, 1.165) is 24.3 Å². The van der Waals surface area contributed by atoms with Crippen molar-refractivity contribution in [2.24, 2.45) is 0 Å². The van der Waals surface area contributed by atoms with Crippen molar-refractivity contribution in [2.75, 3.05) is 0 Å². The summed E-state index contributed by atoms with van der Waals surface area (Å²) < 4.78 is 5.28. The molecule has 92 valence electrons. The zero-order valence-corrected chi connectivity index (χ0v) is 10.5. The monoisotopic (exact) mass is 252 g/mol. The minimum atomic E-state index is 0.00467. The molecule has 2 aromatic heterocycles. The third-order valence-corrected chi connectivity index (χ3v) is 3.33. The molecular weight excluding hydrogens is 236 g/mol. The quantitative estimate of drug-likeness (QED) is 0.828. The summed E-state index contributed by atoms with van der Waals surface area (Å²) in [7, 11) is 0. The molecule has 2 N–H and O–H groups in total. The molecule has 0 bridgehead atoms. The second-order valence-electron chi connectivity index (χ2n) is 4.07. The molecule has 0 aliphatic rings. The van der Waals surface area contributed by atoms with Crippen LogP contribution in [0.15, 0.2) is 33.0 Å². The maximum atomic E-state index is 10.9. The summed E-state index contributed by atoms with van der Waals surface area (Å²) in [5, 5.41) is 5.23. The summed E-state index contributed by atoms with van der Waals surface area (Å²) in [6.07, 6.45) is 3.65. The zero-order valence-electron chi connectivity index (χ0n) is 9.73. The first kappa shape index (κ1) is 12.1. The van der Waals surface area contributed by atoms with E-state index in [-0.39, 0.29) is 4.87 Å². The number of H-pyrrole nitrogens is 1. The van der Waals surface area contributed by atoms with Crippen molar-refractivity contribution in [1.82, 2.24) is 10.3 Å². The van der Waals surface area contributed by atoms with E-state index in [4.69, 9.17) is 4.42 Å². The Morgan fingerprint density at radius 3 is 3.12 bits per heavy atom. The van der Waals surface area contributed by atoms with Crippen molar-refractivity contribution in [3.63, 3.8) is 0 Å². The number of hydrogen-bond acceptors (Lipinski definition) is 4. The Bertz CT molecular complexity index is 487. The number of aryl methyl sites for hydroxylation is 1. The summed E-state index contributed by atoms with van der Waals surface area (Å²) >= 11 is 1.20. The van der Waals surface area contributed by atoms with Gasteiger partial charge in [-0.1, -0.05) is 11.3 Å². The van der Waals surface area contributed by atoms with Crippen molar-refractivity contribution < 1.29 is 4.42 Å². The maximum absolute atomic E-state index is 10.9. The van der Waals surface area contributed by atoms with Gasteiger partial charge in [-0.2, -0.15) is 0 Å². The number of thiazole rings is 1. The minimum absolute atomic E-state index is 0.00467. The molecule has 0 radical (unpaired) electrons. The van der Waals surface area contributed by atoms with Gasteiger partial charge in [-0.15, -0.1) is 0 Å². The first-order valence-corrected chi connectivity index (χ1v) is 6.54. The molecule has 0 saturated heterocycles. The molecule has 0 aliphatic carbocycles. The Kier molecular flexibility index (Phi) is 4.17. The molecular formula is C12H16N2O2S. The SMILES string of the molecule is CC(CCc1ccco1)NCc1csc(=O)[nH]1. The summed E-state index contributed by atoms with van der Waals surface area (Å²) in [4.78, 5) is 13.7. The Morgan fingerprint density at radius 1 is 1.59 bits per heavy atom. The number of aromatic amines is 1. The van der Waals surface area contributed by atoms with Crippen LogP contribution in [0.1, 0.15) is 24.8 Å². The number of furan rings is 1. The van der Waals surface area contributed by atoms with E-state index in [2.05, 4.69) is 17.2 Å². The fraction of sp³-hybridized carbons (Fsp3) is 0.417. The third-order valence-electron chi connectivity index (χ3n) is 2.62. The Balaban J connectivity index is 1.70. The van der Waals surface area contributed by atoms with E-state index < -0.39 is 0 Å². The van der Waals surface area contributed by atoms with E-state index in [1.807, 2.05) is 17.5 Å². The first-order valence-electron chi connectivity index (χ1n) is 5.66. The van der Waals surface area contributed by atoms with Crippen molar-refractivity contribution in [3.05, 3.63) is 44.9 Å². The van der Waals surface area contributed by atoms with E-state index in [0.29, 0.717) is 12.6 Å². The van der Waals surface area contributed by atoms with Crippen molar-refractivity contribution in [3.8, 4) is 0 Å². The largest absolute Gasteiger partial charge is 0.469 e. The Hall–Kier alpha value is -1.33. The van der Waals surface area contributed by atoms with Crippen LogP contribution < -0.4 is 10.2 Å². The fourth-order valence-electron chi connectivity index (χ4n) is 1.60. The van der Waals surface area contributed by atoms with Crippen LogP contribution >= 0.6 is 11.3 Å². The molecule has 2 aromatic rings. The van der Waals surface area contributed by atoms with Gasteiger partial charge in [0.2, 0.25) is 0 Å². The van der Waals surface area contributed by atoms with Gasteiger partial charge in [0.15, 0.2) is 0 Å². The predicted octanol–water partition coefficient (Wildman–Crippen LogP) is 2.14. The summed E-state index contributed by atoms with van der Waals surface area (Å²) in [5.74, 6) is 1.02. The van der Waals surface area contributed by atoms with Gasteiger partial charge in [0.1, 0.15) is 5.76 Å². The zero-order chi connectivity index (χ0) is 12.1. The van der Waals surface area contributed by atoms with E-state index >= 15 is 0 Å². The molecule has 0 amide bonds. The lowest BCUT2D eigenvalue weighted by Crippen LogP contribution is -2.26. The second kappa shape index (κ2) is 5.84. The summed E-state index contributed by atoms with van der Waals surface area (Å²) in [6.45, 7) is 2.84. The van der Waals surface area contributed by atoms with Crippen LogP contribution in [0.3, 0.4) is 0 Å². The average molecular weight is 252 g/mol. The van der Waals surface area contributed by atoms with Gasteiger partial charge in [-0.05, 0) is 25.5 Å². The standard InChI is InChI=1S/C12H16N2O2S/c1-9(4-5-11-3-2-6-16-11)13-7-10-8-17-12(15)14-10/h2-3,6,8-9,13H,4-5,7H2,1H3,(H,14,15). The highest BCUT2D eigenvalue weighted by molar-refractivity contribution is 7.07. The Labute approximate surface area is 104 Å². The average Bonchev–Trinajstić information content (AvgIpc) is 2.95. The molecule has 0 fully saturated rings. The number of rotatable bonds is 6. The van der Waals surface area contributed by atoms with Crippen molar-refractivity contribution in [1.29, 1.82) is 0 Å². The highest BCUT2D eigenvalue weighted by atomic mass is 32.1. The van der Waals surface area contributed by atoms with Crippen LogP contribution in [-0.4, -0.2) is 11.0 Å². The van der Waals surface area contributed by atoms with Crippen LogP contribution in [0, 0.1) is 0 Å². The molecule has 0 saturated carbocycles. The molecule has 17 heavy (non-hydrogen) atoms. The molecule has 5 heteroatoms. The highest BCUT2D eigenvalue weighted by Gasteiger charge is 2.04. The van der Waals surface area contributed by atoms with Crippen molar-refractivity contribution in [2.45, 2.75) is 32.4 Å². The van der Waals surface area contributed by atoms with Crippen LogP contribution in [0.25, 0.3) is 0 Å². The van der Waals surface area contributed by atoms with Crippen LogP contribution in [-0.2, 0) is 13.0 Å². The molecule has 0 spiro atoms. The molecule has 1 unspecified atom stereocenters. The van der Waals surface area contributed by atoms with E-state index in [1.54, 1.807) is 6.26 Å². The fourth-order valence-corrected chi connectivity index (χ4v) is 2.18. The second-order valence-corrected chi connectivity index (χ2v) is 4.92. The van der Waals surface area contributed by atoms with E-state index in [1.165, 1.54) is 11.3 Å². The third kappa shape index (κ3) is 3.87. The van der Waals surface area contributed by atoms with Gasteiger partial charge in [0.05, 0.1) is 6.26 Å². The highest BCUT2D eigenvalue weighted by Crippen LogP contribution is 2.06. The van der Waals surface area contributed by atoms with Crippen LogP contribution in [0.5, 0.6) is 0 Å². The van der Waals surface area contributed by atoms with Gasteiger partial charge >= 0.3 is 4.87 Å². The first-order chi connectivity index (χ1) is 8.24. The Morgan fingerprint density at radius 2 is 2.47 bits per heavy atom. The topological polar surface area (TPSA) is 58.0 Å². The number of nitrogens with one attached hydrogen (secondary N) is 2. The smallest absolute Gasteiger partial charge is 0.304 e. The minimum Gasteiger partial charge on any atom is -0.469 e. The molecule has 0 aromatic carbocycles. The molecule has 1 atom stereocenters. The van der Waals surface area contributed by atoms with Gasteiger partial charge in [0.25, 0.3) is 0 Å². The van der Waals surface area contributed by atoms with E-state index in [9.17, 15) is 4.79 Å². The predicted molar refractivity (Wildman–Crippen MR) is 68.3 cm³/mol. The molecule has 2 rings (SSSR count).